The Hall–Kier alpha value is -0.370. The minimum atomic E-state index is 0.402. The van der Waals surface area contributed by atoms with Crippen LogP contribution in [-0.4, -0.2) is 29.8 Å². The molecule has 1 spiro atoms. The molecule has 1 heterocycles. The van der Waals surface area contributed by atoms with Gasteiger partial charge in [-0.3, -0.25) is 4.79 Å². The smallest absolute Gasteiger partial charge is 0.134 e. The molecule has 2 aliphatic rings. The third-order valence-corrected chi connectivity index (χ3v) is 3.57. The van der Waals surface area contributed by atoms with E-state index in [1.807, 2.05) is 0 Å². The Morgan fingerprint density at radius 2 is 2.08 bits per heavy atom. The fraction of sp³-hybridized carbons (Fsp3) is 0.909. The van der Waals surface area contributed by atoms with Crippen LogP contribution in [0.3, 0.4) is 0 Å². The highest BCUT2D eigenvalue weighted by Crippen LogP contribution is 2.45. The second-order valence-corrected chi connectivity index (χ2v) is 5.06. The van der Waals surface area contributed by atoms with E-state index in [1.165, 1.54) is 19.4 Å². The zero-order chi connectivity index (χ0) is 9.47. The average molecular weight is 181 g/mol. The van der Waals surface area contributed by atoms with Gasteiger partial charge in [0.2, 0.25) is 0 Å². The molecule has 0 atom stereocenters. The molecule has 0 amide bonds. The quantitative estimate of drug-likeness (QED) is 0.615. The normalized spacial score (nSPS) is 28.1. The van der Waals surface area contributed by atoms with Crippen LogP contribution in [0.15, 0.2) is 0 Å². The van der Waals surface area contributed by atoms with Gasteiger partial charge in [-0.05, 0) is 38.6 Å². The summed E-state index contributed by atoms with van der Waals surface area (Å²) in [5.74, 6) is 0.477. The number of nitrogens with zero attached hydrogens (tertiary/aromatic N) is 1. The Morgan fingerprint density at radius 1 is 1.38 bits per heavy atom. The van der Waals surface area contributed by atoms with E-state index >= 15 is 0 Å². The lowest BCUT2D eigenvalue weighted by atomic mass is 9.63. The number of piperidine rings is 1. The highest BCUT2D eigenvalue weighted by Gasteiger charge is 2.45. The molecule has 0 aromatic heterocycles. The van der Waals surface area contributed by atoms with Gasteiger partial charge in [-0.25, -0.2) is 0 Å². The molecule has 74 valence electrons. The molecule has 1 aliphatic heterocycles. The first-order valence-corrected chi connectivity index (χ1v) is 5.37. The molecule has 2 nitrogen and oxygen atoms in total. The summed E-state index contributed by atoms with van der Waals surface area (Å²) in [5, 5.41) is 0. The third kappa shape index (κ3) is 1.64. The van der Waals surface area contributed by atoms with Crippen LogP contribution in [0.1, 0.15) is 39.5 Å². The lowest BCUT2D eigenvalue weighted by Crippen LogP contribution is -2.52. The number of ketones is 1. The molecule has 0 aromatic rings. The maximum Gasteiger partial charge on any atom is 0.134 e. The Bertz CT molecular complexity index is 214. The van der Waals surface area contributed by atoms with Crippen LogP contribution < -0.4 is 0 Å². The van der Waals surface area contributed by atoms with Gasteiger partial charge in [0, 0.05) is 25.4 Å². The molecule has 1 saturated carbocycles. The van der Waals surface area contributed by atoms with Crippen LogP contribution in [0, 0.1) is 5.41 Å². The van der Waals surface area contributed by atoms with Crippen LogP contribution in [-0.2, 0) is 4.79 Å². The molecule has 0 bridgehead atoms. The van der Waals surface area contributed by atoms with E-state index in [9.17, 15) is 4.79 Å². The molecule has 1 aliphatic carbocycles. The van der Waals surface area contributed by atoms with Gasteiger partial charge in [0.25, 0.3) is 0 Å². The topological polar surface area (TPSA) is 20.3 Å². The van der Waals surface area contributed by atoms with Gasteiger partial charge in [0.1, 0.15) is 5.78 Å². The molecule has 2 rings (SSSR count). The van der Waals surface area contributed by atoms with Crippen molar-refractivity contribution >= 4 is 5.78 Å². The van der Waals surface area contributed by atoms with E-state index < -0.39 is 0 Å². The first-order chi connectivity index (χ1) is 6.11. The van der Waals surface area contributed by atoms with Crippen LogP contribution >= 0.6 is 0 Å². The van der Waals surface area contributed by atoms with Crippen molar-refractivity contribution in [3.8, 4) is 0 Å². The summed E-state index contributed by atoms with van der Waals surface area (Å²) in [5.41, 5.74) is 0.402. The Balaban J connectivity index is 1.96. The van der Waals surface area contributed by atoms with E-state index in [0.29, 0.717) is 17.2 Å². The van der Waals surface area contributed by atoms with Crippen LogP contribution in [0.5, 0.6) is 0 Å². The largest absolute Gasteiger partial charge is 0.300 e. The number of Topliss-reactive ketones (excluding diaryl/α,β-unsaturated/α-hetero) is 1. The van der Waals surface area contributed by atoms with Gasteiger partial charge in [-0.15, -0.1) is 0 Å². The number of carbonyl (C=O) groups excluding carboxylic acids is 1. The predicted octanol–water partition coefficient (Wildman–Crippen LogP) is 1.84. The van der Waals surface area contributed by atoms with Crippen molar-refractivity contribution in [2.75, 3.05) is 13.1 Å². The zero-order valence-corrected chi connectivity index (χ0v) is 8.68. The fourth-order valence-electron chi connectivity index (χ4n) is 2.76. The third-order valence-electron chi connectivity index (χ3n) is 3.57. The van der Waals surface area contributed by atoms with Gasteiger partial charge in [0.05, 0.1) is 0 Å². The van der Waals surface area contributed by atoms with Crippen LogP contribution in [0.4, 0.5) is 0 Å². The summed E-state index contributed by atoms with van der Waals surface area (Å²) < 4.78 is 0. The monoisotopic (exact) mass is 181 g/mol. The molecule has 0 aromatic carbocycles. The van der Waals surface area contributed by atoms with Crippen molar-refractivity contribution in [1.82, 2.24) is 4.90 Å². The summed E-state index contributed by atoms with van der Waals surface area (Å²) in [6, 6.07) is 0.646. The lowest BCUT2D eigenvalue weighted by molar-refractivity contribution is -0.136. The van der Waals surface area contributed by atoms with E-state index in [1.54, 1.807) is 0 Å². The Kier molecular flexibility index (Phi) is 2.18. The van der Waals surface area contributed by atoms with Crippen molar-refractivity contribution in [2.24, 2.45) is 5.41 Å². The molecule has 2 heteroatoms. The second kappa shape index (κ2) is 3.09. The molecule has 0 N–H and O–H groups in total. The summed E-state index contributed by atoms with van der Waals surface area (Å²) >= 11 is 0. The van der Waals surface area contributed by atoms with E-state index in [4.69, 9.17) is 0 Å². The van der Waals surface area contributed by atoms with E-state index in [-0.39, 0.29) is 0 Å². The molecule has 0 unspecified atom stereocenters. The van der Waals surface area contributed by atoms with Crippen molar-refractivity contribution in [2.45, 2.75) is 45.6 Å². The first-order valence-electron chi connectivity index (χ1n) is 5.37. The fourth-order valence-corrected chi connectivity index (χ4v) is 2.76. The highest BCUT2D eigenvalue weighted by molar-refractivity contribution is 5.86. The summed E-state index contributed by atoms with van der Waals surface area (Å²) in [6.45, 7) is 6.89. The molecular formula is C11H19NO. The maximum absolute atomic E-state index is 11.0. The minimum absolute atomic E-state index is 0.402. The molecule has 2 fully saturated rings. The number of hydrogen-bond acceptors (Lipinski definition) is 2. The molecule has 1 saturated heterocycles. The van der Waals surface area contributed by atoms with Gasteiger partial charge >= 0.3 is 0 Å². The Labute approximate surface area is 80.3 Å². The summed E-state index contributed by atoms with van der Waals surface area (Å²) in [7, 11) is 0. The summed E-state index contributed by atoms with van der Waals surface area (Å²) in [6.07, 6.45) is 4.28. The molecule has 0 radical (unpaired) electrons. The molecular weight excluding hydrogens is 162 g/mol. The maximum atomic E-state index is 11.0. The SMILES string of the molecule is CC(C)N1CCCC2(CC(=O)C2)C1. The number of carbonyl (C=O) groups is 1. The van der Waals surface area contributed by atoms with E-state index in [2.05, 4.69) is 18.7 Å². The zero-order valence-electron chi connectivity index (χ0n) is 8.68. The first kappa shape index (κ1) is 9.20. The van der Waals surface area contributed by atoms with Crippen LogP contribution in [0.25, 0.3) is 0 Å². The summed E-state index contributed by atoms with van der Waals surface area (Å²) in [4.78, 5) is 13.6. The van der Waals surface area contributed by atoms with Crippen molar-refractivity contribution in [3.63, 3.8) is 0 Å². The van der Waals surface area contributed by atoms with Gasteiger partial charge in [-0.1, -0.05) is 0 Å². The number of hydrogen-bond donors (Lipinski definition) is 0. The number of likely N-dealkylation sites (tertiary alicyclic amines) is 1. The minimum Gasteiger partial charge on any atom is -0.300 e. The Morgan fingerprint density at radius 3 is 2.62 bits per heavy atom. The van der Waals surface area contributed by atoms with Crippen LogP contribution in [0.2, 0.25) is 0 Å². The van der Waals surface area contributed by atoms with Gasteiger partial charge in [0.15, 0.2) is 0 Å². The lowest BCUT2D eigenvalue weighted by Gasteiger charge is -2.49. The second-order valence-electron chi connectivity index (χ2n) is 5.06. The number of rotatable bonds is 1. The highest BCUT2D eigenvalue weighted by atomic mass is 16.1. The standard InChI is InChI=1S/C11H19NO/c1-9(2)12-5-3-4-11(8-12)6-10(13)7-11/h9H,3-8H2,1-2H3. The molecule has 13 heavy (non-hydrogen) atoms. The van der Waals surface area contributed by atoms with Crippen molar-refractivity contribution in [3.05, 3.63) is 0 Å². The van der Waals surface area contributed by atoms with Gasteiger partial charge < -0.3 is 4.90 Å². The van der Waals surface area contributed by atoms with Gasteiger partial charge in [-0.2, -0.15) is 0 Å². The average Bonchev–Trinajstić information content (AvgIpc) is 2.02. The van der Waals surface area contributed by atoms with E-state index in [0.717, 1.165) is 19.4 Å². The van der Waals surface area contributed by atoms with Crippen molar-refractivity contribution in [1.29, 1.82) is 0 Å². The predicted molar refractivity (Wildman–Crippen MR) is 52.6 cm³/mol. The van der Waals surface area contributed by atoms with Crippen molar-refractivity contribution < 1.29 is 4.79 Å².